The van der Waals surface area contributed by atoms with Crippen LogP contribution < -0.4 is 14.8 Å². The van der Waals surface area contributed by atoms with Crippen LogP contribution in [0, 0.1) is 11.7 Å². The fourth-order valence-electron chi connectivity index (χ4n) is 6.39. The SMILES string of the molecule is COc1ccc(S(=O)(=O)N2CCCCC2COCC(=O)NC2CCC(C(c3cccc(F)c3)N(C)C)CC2)c(OC)c1. The van der Waals surface area contributed by atoms with Crippen LogP contribution in [0.4, 0.5) is 4.39 Å². The number of nitrogens with one attached hydrogen (secondary N) is 1. The van der Waals surface area contributed by atoms with Gasteiger partial charge in [0.05, 0.1) is 20.8 Å². The number of amides is 1. The molecule has 2 aromatic rings. The monoisotopic (exact) mass is 605 g/mol. The number of methoxy groups -OCH3 is 2. The Morgan fingerprint density at radius 1 is 1.05 bits per heavy atom. The number of ether oxygens (including phenoxy) is 3. The maximum Gasteiger partial charge on any atom is 0.247 e. The highest BCUT2D eigenvalue weighted by atomic mass is 32.2. The summed E-state index contributed by atoms with van der Waals surface area (Å²) in [6.07, 6.45) is 5.83. The second-order valence-corrected chi connectivity index (χ2v) is 13.3. The van der Waals surface area contributed by atoms with Crippen molar-refractivity contribution >= 4 is 15.9 Å². The van der Waals surface area contributed by atoms with Crippen molar-refractivity contribution in [1.29, 1.82) is 0 Å². The first-order chi connectivity index (χ1) is 20.1. The molecular weight excluding hydrogens is 561 g/mol. The van der Waals surface area contributed by atoms with Gasteiger partial charge in [0, 0.05) is 30.7 Å². The Bertz CT molecular complexity index is 1300. The van der Waals surface area contributed by atoms with Crippen LogP contribution in [0.25, 0.3) is 0 Å². The molecule has 0 aromatic heterocycles. The molecule has 1 saturated heterocycles. The lowest BCUT2D eigenvalue weighted by Crippen LogP contribution is -2.47. The molecule has 1 aliphatic carbocycles. The third-order valence-electron chi connectivity index (χ3n) is 8.40. The van der Waals surface area contributed by atoms with Crippen LogP contribution in [0.5, 0.6) is 11.5 Å². The van der Waals surface area contributed by atoms with E-state index in [9.17, 15) is 17.6 Å². The number of hydrogen-bond donors (Lipinski definition) is 1. The zero-order valence-electron chi connectivity index (χ0n) is 25.1. The van der Waals surface area contributed by atoms with E-state index in [2.05, 4.69) is 10.2 Å². The predicted molar refractivity (Wildman–Crippen MR) is 159 cm³/mol. The molecule has 2 atom stereocenters. The third-order valence-corrected chi connectivity index (χ3v) is 10.4. The molecule has 9 nitrogen and oxygen atoms in total. The maximum absolute atomic E-state index is 13.9. The number of rotatable bonds is 12. The number of sulfonamides is 1. The topological polar surface area (TPSA) is 97.4 Å². The number of halogens is 1. The Morgan fingerprint density at radius 2 is 1.81 bits per heavy atom. The highest BCUT2D eigenvalue weighted by Crippen LogP contribution is 2.38. The van der Waals surface area contributed by atoms with Gasteiger partial charge in [-0.3, -0.25) is 4.79 Å². The van der Waals surface area contributed by atoms with Gasteiger partial charge in [-0.2, -0.15) is 4.31 Å². The first-order valence-electron chi connectivity index (χ1n) is 14.7. The summed E-state index contributed by atoms with van der Waals surface area (Å²) in [4.78, 5) is 15.0. The molecule has 0 bridgehead atoms. The van der Waals surface area contributed by atoms with Crippen LogP contribution in [0.3, 0.4) is 0 Å². The highest BCUT2D eigenvalue weighted by molar-refractivity contribution is 7.89. The molecule has 2 fully saturated rings. The van der Waals surface area contributed by atoms with Crippen molar-refractivity contribution in [2.24, 2.45) is 5.92 Å². The average molecular weight is 606 g/mol. The van der Waals surface area contributed by atoms with E-state index in [1.807, 2.05) is 20.2 Å². The van der Waals surface area contributed by atoms with Crippen LogP contribution in [0.2, 0.25) is 0 Å². The smallest absolute Gasteiger partial charge is 0.247 e. The van der Waals surface area contributed by atoms with Gasteiger partial charge in [0.15, 0.2) is 0 Å². The van der Waals surface area contributed by atoms with Gasteiger partial charge in [-0.05, 0) is 88.4 Å². The zero-order valence-corrected chi connectivity index (χ0v) is 25.9. The minimum Gasteiger partial charge on any atom is -0.497 e. The van der Waals surface area contributed by atoms with Gasteiger partial charge in [-0.15, -0.1) is 0 Å². The van der Waals surface area contributed by atoms with Crippen LogP contribution >= 0.6 is 0 Å². The van der Waals surface area contributed by atoms with Gasteiger partial charge >= 0.3 is 0 Å². The second kappa shape index (κ2) is 14.6. The summed E-state index contributed by atoms with van der Waals surface area (Å²) in [6.45, 7) is 0.389. The Hall–Kier alpha value is -2.73. The molecule has 1 amide bonds. The number of carbonyl (C=O) groups is 1. The molecule has 2 aromatic carbocycles. The van der Waals surface area contributed by atoms with Crippen molar-refractivity contribution < 1.29 is 31.8 Å². The minimum absolute atomic E-state index is 0.0572. The molecule has 232 valence electrons. The molecular formula is C31H44FN3O6S. The Morgan fingerprint density at radius 3 is 2.48 bits per heavy atom. The van der Waals surface area contributed by atoms with E-state index in [0.29, 0.717) is 24.6 Å². The molecule has 1 heterocycles. The summed E-state index contributed by atoms with van der Waals surface area (Å²) in [5.41, 5.74) is 0.977. The Kier molecular flexibility index (Phi) is 11.2. The molecule has 42 heavy (non-hydrogen) atoms. The minimum atomic E-state index is -3.85. The van der Waals surface area contributed by atoms with Gasteiger partial charge in [-0.1, -0.05) is 18.6 Å². The third kappa shape index (κ3) is 7.80. The number of carbonyl (C=O) groups excluding carboxylic acids is 1. The van der Waals surface area contributed by atoms with Gasteiger partial charge in [-0.25, -0.2) is 12.8 Å². The van der Waals surface area contributed by atoms with Crippen molar-refractivity contribution in [3.8, 4) is 11.5 Å². The first kappa shape index (κ1) is 32.2. The molecule has 1 N–H and O–H groups in total. The van der Waals surface area contributed by atoms with E-state index >= 15 is 0 Å². The number of benzene rings is 2. The van der Waals surface area contributed by atoms with Gasteiger partial charge < -0.3 is 24.4 Å². The molecule has 2 aliphatic rings. The molecule has 11 heteroatoms. The molecule has 0 radical (unpaired) electrons. The fourth-order valence-corrected chi connectivity index (χ4v) is 8.21. The van der Waals surface area contributed by atoms with Crippen LogP contribution in [-0.4, -0.2) is 83.7 Å². The summed E-state index contributed by atoms with van der Waals surface area (Å²) < 4.78 is 58.9. The maximum atomic E-state index is 13.9. The van der Waals surface area contributed by atoms with Crippen molar-refractivity contribution in [2.45, 2.75) is 68.0 Å². The number of piperidine rings is 1. The Labute approximate surface area is 249 Å². The van der Waals surface area contributed by atoms with Gasteiger partial charge in [0.1, 0.15) is 28.8 Å². The number of hydrogen-bond acceptors (Lipinski definition) is 7. The predicted octanol–water partition coefficient (Wildman–Crippen LogP) is 4.38. The summed E-state index contributed by atoms with van der Waals surface area (Å²) >= 11 is 0. The van der Waals surface area contributed by atoms with Gasteiger partial charge in [0.2, 0.25) is 15.9 Å². The number of nitrogens with zero attached hydrogens (tertiary/aromatic N) is 2. The lowest BCUT2D eigenvalue weighted by atomic mass is 9.78. The van der Waals surface area contributed by atoms with E-state index in [4.69, 9.17) is 14.2 Å². The second-order valence-electron chi connectivity index (χ2n) is 11.4. The summed E-state index contributed by atoms with van der Waals surface area (Å²) in [6, 6.07) is 11.3. The normalized spacial score (nSPS) is 22.5. The van der Waals surface area contributed by atoms with E-state index in [1.54, 1.807) is 24.3 Å². The van der Waals surface area contributed by atoms with E-state index in [-0.39, 0.29) is 53.7 Å². The summed E-state index contributed by atoms with van der Waals surface area (Å²) in [5, 5.41) is 3.09. The lowest BCUT2D eigenvalue weighted by molar-refractivity contribution is -0.127. The van der Waals surface area contributed by atoms with Gasteiger partial charge in [0.25, 0.3) is 0 Å². The van der Waals surface area contributed by atoms with Crippen molar-refractivity contribution in [3.05, 3.63) is 53.8 Å². The molecule has 1 aliphatic heterocycles. The highest BCUT2D eigenvalue weighted by Gasteiger charge is 2.36. The summed E-state index contributed by atoms with van der Waals surface area (Å²) in [5.74, 6) is 0.675. The fraction of sp³-hybridized carbons (Fsp3) is 0.581. The molecule has 0 spiro atoms. The molecule has 1 saturated carbocycles. The lowest BCUT2D eigenvalue weighted by Gasteiger charge is -2.38. The zero-order chi connectivity index (χ0) is 30.3. The average Bonchev–Trinajstić information content (AvgIpc) is 2.98. The summed E-state index contributed by atoms with van der Waals surface area (Å²) in [7, 11) is 3.14. The van der Waals surface area contributed by atoms with E-state index in [1.165, 1.54) is 30.7 Å². The largest absolute Gasteiger partial charge is 0.497 e. The van der Waals surface area contributed by atoms with E-state index < -0.39 is 10.0 Å². The van der Waals surface area contributed by atoms with Crippen molar-refractivity contribution in [3.63, 3.8) is 0 Å². The van der Waals surface area contributed by atoms with Crippen molar-refractivity contribution in [1.82, 2.24) is 14.5 Å². The molecule has 4 rings (SSSR count). The quantitative estimate of drug-likeness (QED) is 0.384. The molecule has 2 unspecified atom stereocenters. The Balaban J connectivity index is 1.28. The first-order valence-corrected chi connectivity index (χ1v) is 16.1. The standard InChI is InChI=1S/C31H44FN3O6S/c1-34(2)31(23-8-7-9-24(32)18-23)22-11-13-25(14-12-22)33-30(36)21-41-20-26-10-5-6-17-35(26)42(37,38)29-16-15-27(39-3)19-28(29)40-4/h7-9,15-16,18-19,22,25-26,31H,5-6,10-14,17,20-21H2,1-4H3,(H,33,36). The van der Waals surface area contributed by atoms with Crippen LogP contribution in [0.15, 0.2) is 47.4 Å². The van der Waals surface area contributed by atoms with Crippen molar-refractivity contribution in [2.75, 3.05) is 48.1 Å². The van der Waals surface area contributed by atoms with E-state index in [0.717, 1.165) is 44.1 Å². The van der Waals surface area contributed by atoms with Crippen LogP contribution in [-0.2, 0) is 19.6 Å². The van der Waals surface area contributed by atoms with Crippen LogP contribution in [0.1, 0.15) is 56.6 Å².